The molecule has 2 rings (SSSR count). The molecule has 0 saturated heterocycles. The van der Waals surface area contributed by atoms with Gasteiger partial charge in [-0.2, -0.15) is 0 Å². The van der Waals surface area contributed by atoms with Crippen LogP contribution in [0.3, 0.4) is 0 Å². The van der Waals surface area contributed by atoms with Gasteiger partial charge in [0.25, 0.3) is 0 Å². The molecule has 1 heterocycles. The van der Waals surface area contributed by atoms with Gasteiger partial charge in [-0.05, 0) is 31.4 Å². The van der Waals surface area contributed by atoms with Gasteiger partial charge < -0.3 is 4.74 Å². The normalized spacial score (nSPS) is 17.3. The molecule has 0 saturated carbocycles. The van der Waals surface area contributed by atoms with E-state index in [4.69, 9.17) is 4.74 Å². The van der Waals surface area contributed by atoms with E-state index in [-0.39, 0.29) is 11.9 Å². The first-order chi connectivity index (χ1) is 8.20. The number of benzene rings is 1. The summed E-state index contributed by atoms with van der Waals surface area (Å²) in [7, 11) is 0. The zero-order valence-electron chi connectivity index (χ0n) is 11.2. The average Bonchev–Trinajstić information content (AvgIpc) is 2.39. The summed E-state index contributed by atoms with van der Waals surface area (Å²) in [5.74, 6) is 1.10. The third-order valence-electron chi connectivity index (χ3n) is 2.87. The van der Waals surface area contributed by atoms with E-state index >= 15 is 0 Å². The Hall–Kier alpha value is -1.31. The molecule has 0 spiro atoms. The van der Waals surface area contributed by atoms with Crippen LogP contribution in [0.5, 0.6) is 5.75 Å². The minimum absolute atomic E-state index is 0.209. The molecule has 1 aliphatic heterocycles. The minimum Gasteiger partial charge on any atom is -0.482 e. The second-order valence-corrected chi connectivity index (χ2v) is 4.08. The van der Waals surface area contributed by atoms with Gasteiger partial charge >= 0.3 is 0 Å². The molecule has 1 aromatic rings. The maximum atomic E-state index is 11.5. The Bertz CT molecular complexity index is 383. The fourth-order valence-corrected chi connectivity index (χ4v) is 1.97. The molecule has 2 heteroatoms. The van der Waals surface area contributed by atoms with E-state index in [1.165, 1.54) is 11.1 Å². The SMILES string of the molecule is CC.CCC(=O)C1CCc2cc(C)ccc2O1. The van der Waals surface area contributed by atoms with E-state index in [9.17, 15) is 4.79 Å². The van der Waals surface area contributed by atoms with Gasteiger partial charge in [-0.25, -0.2) is 0 Å². The zero-order chi connectivity index (χ0) is 12.8. The Balaban J connectivity index is 0.000000686. The molecule has 0 aliphatic carbocycles. The van der Waals surface area contributed by atoms with Gasteiger partial charge in [-0.1, -0.05) is 38.5 Å². The molecule has 1 atom stereocenters. The van der Waals surface area contributed by atoms with Crippen LogP contribution in [-0.2, 0) is 11.2 Å². The van der Waals surface area contributed by atoms with Crippen molar-refractivity contribution in [2.24, 2.45) is 0 Å². The molecule has 0 N–H and O–H groups in total. The summed E-state index contributed by atoms with van der Waals surface area (Å²) in [4.78, 5) is 11.5. The predicted molar refractivity (Wildman–Crippen MR) is 70.6 cm³/mol. The standard InChI is InChI=1S/C13H16O2.C2H6/c1-3-11(14)13-7-5-10-8-9(2)4-6-12(10)15-13;1-2/h4,6,8,13H,3,5,7H2,1-2H3;1-2H3. The summed E-state index contributed by atoms with van der Waals surface area (Å²) >= 11 is 0. The molecule has 0 aromatic heterocycles. The lowest BCUT2D eigenvalue weighted by Gasteiger charge is -2.25. The third kappa shape index (κ3) is 3.32. The van der Waals surface area contributed by atoms with Crippen LogP contribution in [0.25, 0.3) is 0 Å². The van der Waals surface area contributed by atoms with Crippen molar-refractivity contribution in [2.75, 3.05) is 0 Å². The van der Waals surface area contributed by atoms with E-state index in [1.54, 1.807) is 0 Å². The van der Waals surface area contributed by atoms with Crippen molar-refractivity contribution in [2.45, 2.75) is 53.1 Å². The second-order valence-electron chi connectivity index (χ2n) is 4.08. The van der Waals surface area contributed by atoms with Gasteiger partial charge in [0.15, 0.2) is 11.9 Å². The molecule has 94 valence electrons. The summed E-state index contributed by atoms with van der Waals surface area (Å²) < 4.78 is 5.69. The molecule has 1 aromatic carbocycles. The summed E-state index contributed by atoms with van der Waals surface area (Å²) in [6.45, 7) is 7.96. The van der Waals surface area contributed by atoms with Crippen molar-refractivity contribution in [1.82, 2.24) is 0 Å². The molecule has 0 bridgehead atoms. The molecule has 1 unspecified atom stereocenters. The lowest BCUT2D eigenvalue weighted by Crippen LogP contribution is -2.30. The molecule has 1 aliphatic rings. The highest BCUT2D eigenvalue weighted by Crippen LogP contribution is 2.28. The first-order valence-electron chi connectivity index (χ1n) is 6.49. The fourth-order valence-electron chi connectivity index (χ4n) is 1.97. The van der Waals surface area contributed by atoms with Crippen molar-refractivity contribution < 1.29 is 9.53 Å². The van der Waals surface area contributed by atoms with Crippen molar-refractivity contribution in [1.29, 1.82) is 0 Å². The minimum atomic E-state index is -0.217. The number of hydrogen-bond acceptors (Lipinski definition) is 2. The molecule has 0 radical (unpaired) electrons. The van der Waals surface area contributed by atoms with Crippen molar-refractivity contribution in [3.05, 3.63) is 29.3 Å². The smallest absolute Gasteiger partial charge is 0.173 e. The van der Waals surface area contributed by atoms with E-state index < -0.39 is 0 Å². The number of rotatable bonds is 2. The Morgan fingerprint density at radius 2 is 2.12 bits per heavy atom. The lowest BCUT2D eigenvalue weighted by atomic mass is 9.98. The number of aryl methyl sites for hydroxylation is 2. The van der Waals surface area contributed by atoms with Gasteiger partial charge in [-0.15, -0.1) is 0 Å². The number of ketones is 1. The number of hydrogen-bond donors (Lipinski definition) is 0. The Morgan fingerprint density at radius 3 is 2.76 bits per heavy atom. The first kappa shape index (κ1) is 13.8. The fraction of sp³-hybridized carbons (Fsp3) is 0.533. The van der Waals surface area contributed by atoms with Crippen LogP contribution in [-0.4, -0.2) is 11.9 Å². The Labute approximate surface area is 104 Å². The summed E-state index contributed by atoms with van der Waals surface area (Å²) in [5, 5.41) is 0. The molecular weight excluding hydrogens is 212 g/mol. The topological polar surface area (TPSA) is 26.3 Å². The van der Waals surface area contributed by atoms with Crippen LogP contribution in [0.1, 0.15) is 44.7 Å². The highest BCUT2D eigenvalue weighted by molar-refractivity contribution is 5.83. The maximum absolute atomic E-state index is 11.5. The van der Waals surface area contributed by atoms with E-state index in [0.717, 1.165) is 18.6 Å². The quantitative estimate of drug-likeness (QED) is 0.780. The third-order valence-corrected chi connectivity index (χ3v) is 2.87. The molecular formula is C15H22O2. The summed E-state index contributed by atoms with van der Waals surface area (Å²) in [6, 6.07) is 6.14. The zero-order valence-corrected chi connectivity index (χ0v) is 11.2. The highest BCUT2D eigenvalue weighted by Gasteiger charge is 2.24. The lowest BCUT2D eigenvalue weighted by molar-refractivity contribution is -0.126. The van der Waals surface area contributed by atoms with Crippen LogP contribution >= 0.6 is 0 Å². The number of ether oxygens (including phenoxy) is 1. The van der Waals surface area contributed by atoms with Gasteiger partial charge in [0.1, 0.15) is 5.75 Å². The van der Waals surface area contributed by atoms with Gasteiger partial charge in [0.05, 0.1) is 0 Å². The number of carbonyl (C=O) groups is 1. The average molecular weight is 234 g/mol. The van der Waals surface area contributed by atoms with E-state index in [2.05, 4.69) is 13.0 Å². The van der Waals surface area contributed by atoms with Crippen LogP contribution < -0.4 is 4.74 Å². The molecule has 17 heavy (non-hydrogen) atoms. The van der Waals surface area contributed by atoms with Crippen LogP contribution in [0, 0.1) is 6.92 Å². The largest absolute Gasteiger partial charge is 0.482 e. The number of carbonyl (C=O) groups excluding carboxylic acids is 1. The predicted octanol–water partition coefficient (Wildman–Crippen LogP) is 3.69. The van der Waals surface area contributed by atoms with Crippen molar-refractivity contribution in [3.63, 3.8) is 0 Å². The van der Waals surface area contributed by atoms with Crippen molar-refractivity contribution in [3.8, 4) is 5.75 Å². The van der Waals surface area contributed by atoms with Crippen LogP contribution in [0.2, 0.25) is 0 Å². The highest BCUT2D eigenvalue weighted by atomic mass is 16.5. The van der Waals surface area contributed by atoms with E-state index in [1.807, 2.05) is 32.9 Å². The molecule has 2 nitrogen and oxygen atoms in total. The van der Waals surface area contributed by atoms with Crippen molar-refractivity contribution >= 4 is 5.78 Å². The molecule has 0 amide bonds. The van der Waals surface area contributed by atoms with Gasteiger partial charge in [0.2, 0.25) is 0 Å². The van der Waals surface area contributed by atoms with E-state index in [0.29, 0.717) is 6.42 Å². The Kier molecular flexibility index (Phi) is 5.20. The second kappa shape index (κ2) is 6.43. The maximum Gasteiger partial charge on any atom is 0.173 e. The van der Waals surface area contributed by atoms with Gasteiger partial charge in [0, 0.05) is 6.42 Å². The number of fused-ring (bicyclic) bond motifs is 1. The first-order valence-corrected chi connectivity index (χ1v) is 6.49. The van der Waals surface area contributed by atoms with Crippen LogP contribution in [0.15, 0.2) is 18.2 Å². The number of Topliss-reactive ketones (excluding diaryl/α,β-unsaturated/α-hetero) is 1. The van der Waals surface area contributed by atoms with Crippen LogP contribution in [0.4, 0.5) is 0 Å². The Morgan fingerprint density at radius 1 is 1.41 bits per heavy atom. The van der Waals surface area contributed by atoms with Gasteiger partial charge in [-0.3, -0.25) is 4.79 Å². The monoisotopic (exact) mass is 234 g/mol. The molecule has 0 fully saturated rings. The summed E-state index contributed by atoms with van der Waals surface area (Å²) in [6.07, 6.45) is 2.12. The summed E-state index contributed by atoms with van der Waals surface area (Å²) in [5.41, 5.74) is 2.48.